The summed E-state index contributed by atoms with van der Waals surface area (Å²) in [5, 5.41) is 2.70. The molecule has 3 N–H and O–H groups in total. The van der Waals surface area contributed by atoms with Crippen molar-refractivity contribution >= 4 is 40.9 Å². The van der Waals surface area contributed by atoms with Crippen LogP contribution in [0, 0.1) is 0 Å². The lowest BCUT2D eigenvalue weighted by Gasteiger charge is -2.22. The predicted octanol–water partition coefficient (Wildman–Crippen LogP) is 2.65. The minimum absolute atomic E-state index is 0.103. The average Bonchev–Trinajstić information content (AvgIpc) is 2.61. The van der Waals surface area contributed by atoms with Gasteiger partial charge >= 0.3 is 0 Å². The quantitative estimate of drug-likeness (QED) is 0.698. The zero-order chi connectivity index (χ0) is 18.9. The molecular formula is C19H21N3O3S. The Balaban J connectivity index is 2.00. The maximum atomic E-state index is 12.6. The van der Waals surface area contributed by atoms with Crippen molar-refractivity contribution in [2.75, 3.05) is 22.5 Å². The fraction of sp³-hybridized carbons (Fsp3) is 0.211. The molecule has 0 atom stereocenters. The highest BCUT2D eigenvalue weighted by Crippen LogP contribution is 2.22. The second kappa shape index (κ2) is 9.62. The topological polar surface area (TPSA) is 92.5 Å². The van der Waals surface area contributed by atoms with Crippen molar-refractivity contribution in [2.45, 2.75) is 18.2 Å². The molecule has 0 heterocycles. The number of amides is 3. The Kier molecular flexibility index (Phi) is 7.23. The average molecular weight is 371 g/mol. The molecule has 2 rings (SSSR count). The number of rotatable bonds is 8. The van der Waals surface area contributed by atoms with Gasteiger partial charge in [0.1, 0.15) is 0 Å². The van der Waals surface area contributed by atoms with Crippen molar-refractivity contribution < 1.29 is 14.4 Å². The van der Waals surface area contributed by atoms with E-state index in [0.717, 1.165) is 10.6 Å². The molecular weight excluding hydrogens is 350 g/mol. The van der Waals surface area contributed by atoms with Crippen molar-refractivity contribution in [1.82, 2.24) is 0 Å². The molecule has 0 saturated carbocycles. The Bertz CT molecular complexity index is 763. The summed E-state index contributed by atoms with van der Waals surface area (Å²) < 4.78 is 0. The standard InChI is InChI=1S/C19H21N3O3S/c1-14(23)21-15-7-9-17(10-8-15)26-13-19(25)22(12-11-18(20)24)16-5-3-2-4-6-16/h2-10H,11-13H2,1H3,(H2,20,24)(H,21,23). The minimum atomic E-state index is -0.444. The lowest BCUT2D eigenvalue weighted by molar-refractivity contribution is -0.118. The van der Waals surface area contributed by atoms with E-state index in [2.05, 4.69) is 5.32 Å². The van der Waals surface area contributed by atoms with E-state index in [1.165, 1.54) is 18.7 Å². The van der Waals surface area contributed by atoms with Gasteiger partial charge in [0.25, 0.3) is 0 Å². The molecule has 2 aromatic carbocycles. The first-order chi connectivity index (χ1) is 12.5. The number of hydrogen-bond donors (Lipinski definition) is 2. The van der Waals surface area contributed by atoms with E-state index in [1.807, 2.05) is 42.5 Å². The van der Waals surface area contributed by atoms with Crippen LogP contribution in [0.3, 0.4) is 0 Å². The van der Waals surface area contributed by atoms with Crippen molar-refractivity contribution in [3.05, 3.63) is 54.6 Å². The first-order valence-electron chi connectivity index (χ1n) is 8.10. The normalized spacial score (nSPS) is 10.2. The van der Waals surface area contributed by atoms with Crippen LogP contribution in [0.2, 0.25) is 0 Å². The maximum absolute atomic E-state index is 12.6. The monoisotopic (exact) mass is 371 g/mol. The molecule has 6 nitrogen and oxygen atoms in total. The number of nitrogens with two attached hydrogens (primary N) is 1. The third-order valence-electron chi connectivity index (χ3n) is 3.49. The van der Waals surface area contributed by atoms with Crippen LogP contribution in [-0.2, 0) is 14.4 Å². The number of primary amides is 1. The molecule has 7 heteroatoms. The van der Waals surface area contributed by atoms with Crippen molar-refractivity contribution in [3.8, 4) is 0 Å². The van der Waals surface area contributed by atoms with Crippen LogP contribution in [-0.4, -0.2) is 30.0 Å². The lowest BCUT2D eigenvalue weighted by Crippen LogP contribution is -2.35. The molecule has 0 bridgehead atoms. The number of anilines is 2. The Morgan fingerprint density at radius 2 is 1.69 bits per heavy atom. The van der Waals surface area contributed by atoms with Crippen LogP contribution < -0.4 is 16.0 Å². The van der Waals surface area contributed by atoms with Crippen LogP contribution in [0.5, 0.6) is 0 Å². The summed E-state index contributed by atoms with van der Waals surface area (Å²) in [5.74, 6) is -0.450. The second-order valence-corrected chi connectivity index (χ2v) is 6.64. The highest BCUT2D eigenvalue weighted by atomic mass is 32.2. The summed E-state index contributed by atoms with van der Waals surface area (Å²) in [6.07, 6.45) is 0.108. The molecule has 26 heavy (non-hydrogen) atoms. The van der Waals surface area contributed by atoms with E-state index in [9.17, 15) is 14.4 Å². The molecule has 0 fully saturated rings. The molecule has 0 aromatic heterocycles. The van der Waals surface area contributed by atoms with E-state index in [1.54, 1.807) is 17.0 Å². The summed E-state index contributed by atoms with van der Waals surface area (Å²) in [4.78, 5) is 37.3. The van der Waals surface area contributed by atoms with Gasteiger partial charge in [0, 0.05) is 36.2 Å². The highest BCUT2D eigenvalue weighted by molar-refractivity contribution is 8.00. The van der Waals surface area contributed by atoms with E-state index in [-0.39, 0.29) is 30.5 Å². The zero-order valence-corrected chi connectivity index (χ0v) is 15.3. The molecule has 2 aromatic rings. The van der Waals surface area contributed by atoms with Crippen LogP contribution in [0.25, 0.3) is 0 Å². The molecule has 3 amide bonds. The minimum Gasteiger partial charge on any atom is -0.370 e. The van der Waals surface area contributed by atoms with Gasteiger partial charge in [-0.05, 0) is 36.4 Å². The van der Waals surface area contributed by atoms with Gasteiger partial charge in [0.2, 0.25) is 17.7 Å². The number of benzene rings is 2. The number of carbonyl (C=O) groups excluding carboxylic acids is 3. The third kappa shape index (κ3) is 6.25. The van der Waals surface area contributed by atoms with Crippen LogP contribution in [0.1, 0.15) is 13.3 Å². The van der Waals surface area contributed by atoms with Gasteiger partial charge in [0.05, 0.1) is 5.75 Å². The number of carbonyl (C=O) groups is 3. The zero-order valence-electron chi connectivity index (χ0n) is 14.5. The molecule has 136 valence electrons. The van der Waals surface area contributed by atoms with Gasteiger partial charge in [-0.25, -0.2) is 0 Å². The van der Waals surface area contributed by atoms with Gasteiger partial charge in [-0.1, -0.05) is 18.2 Å². The molecule has 0 spiro atoms. The molecule has 0 aliphatic heterocycles. The summed E-state index contributed by atoms with van der Waals surface area (Å²) in [5.41, 5.74) is 6.67. The molecule has 0 aliphatic rings. The molecule has 0 unspecified atom stereocenters. The van der Waals surface area contributed by atoms with Gasteiger partial charge in [-0.3, -0.25) is 14.4 Å². The van der Waals surface area contributed by atoms with Crippen LogP contribution in [0.4, 0.5) is 11.4 Å². The number of thioether (sulfide) groups is 1. The second-order valence-electron chi connectivity index (χ2n) is 5.59. The van der Waals surface area contributed by atoms with E-state index < -0.39 is 5.91 Å². The third-order valence-corrected chi connectivity index (χ3v) is 4.48. The molecule has 0 aliphatic carbocycles. The molecule has 0 saturated heterocycles. The SMILES string of the molecule is CC(=O)Nc1ccc(SCC(=O)N(CCC(N)=O)c2ccccc2)cc1. The maximum Gasteiger partial charge on any atom is 0.237 e. The molecule has 0 radical (unpaired) electrons. The largest absolute Gasteiger partial charge is 0.370 e. The summed E-state index contributed by atoms with van der Waals surface area (Å²) >= 11 is 1.39. The van der Waals surface area contributed by atoms with Crippen molar-refractivity contribution in [3.63, 3.8) is 0 Å². The Morgan fingerprint density at radius 3 is 2.27 bits per heavy atom. The number of nitrogens with zero attached hydrogens (tertiary/aromatic N) is 1. The summed E-state index contributed by atoms with van der Waals surface area (Å²) in [7, 11) is 0. The predicted molar refractivity (Wildman–Crippen MR) is 104 cm³/mol. The van der Waals surface area contributed by atoms with E-state index in [0.29, 0.717) is 5.69 Å². The smallest absolute Gasteiger partial charge is 0.237 e. The fourth-order valence-electron chi connectivity index (χ4n) is 2.29. The first-order valence-corrected chi connectivity index (χ1v) is 9.08. The van der Waals surface area contributed by atoms with Gasteiger partial charge in [-0.15, -0.1) is 11.8 Å². The van der Waals surface area contributed by atoms with E-state index in [4.69, 9.17) is 5.73 Å². The fourth-order valence-corrected chi connectivity index (χ4v) is 3.06. The van der Waals surface area contributed by atoms with Crippen molar-refractivity contribution in [2.24, 2.45) is 5.73 Å². The van der Waals surface area contributed by atoms with Gasteiger partial charge < -0.3 is 16.0 Å². The highest BCUT2D eigenvalue weighted by Gasteiger charge is 2.16. The van der Waals surface area contributed by atoms with Crippen LogP contribution >= 0.6 is 11.8 Å². The number of hydrogen-bond acceptors (Lipinski definition) is 4. The Hall–Kier alpha value is -2.80. The Morgan fingerprint density at radius 1 is 1.04 bits per heavy atom. The van der Waals surface area contributed by atoms with Gasteiger partial charge in [-0.2, -0.15) is 0 Å². The van der Waals surface area contributed by atoms with Crippen molar-refractivity contribution in [1.29, 1.82) is 0 Å². The Labute approximate surface area is 156 Å². The van der Waals surface area contributed by atoms with Gasteiger partial charge in [0.15, 0.2) is 0 Å². The first kappa shape index (κ1) is 19.5. The lowest BCUT2D eigenvalue weighted by atomic mass is 10.2. The summed E-state index contributed by atoms with van der Waals surface area (Å²) in [6, 6.07) is 16.5. The summed E-state index contributed by atoms with van der Waals surface area (Å²) in [6.45, 7) is 1.70. The number of para-hydroxylation sites is 1. The number of nitrogens with one attached hydrogen (secondary N) is 1. The van der Waals surface area contributed by atoms with E-state index >= 15 is 0 Å². The van der Waals surface area contributed by atoms with Crippen LogP contribution in [0.15, 0.2) is 59.5 Å².